The van der Waals surface area contributed by atoms with Gasteiger partial charge in [0.15, 0.2) is 0 Å². The number of thiophene rings is 1. The minimum absolute atomic E-state index is 0.000697. The Morgan fingerprint density at radius 2 is 1.85 bits per heavy atom. The molecule has 1 aromatic heterocycles. The summed E-state index contributed by atoms with van der Waals surface area (Å²) in [6.45, 7) is 4.45. The van der Waals surface area contributed by atoms with E-state index in [1.807, 2.05) is 18.2 Å². The number of aryl methyl sites for hydroxylation is 1. The Kier molecular flexibility index (Phi) is 6.38. The minimum atomic E-state index is -5.08. The van der Waals surface area contributed by atoms with Gasteiger partial charge in [-0.05, 0) is 42.3 Å². The van der Waals surface area contributed by atoms with Crippen molar-refractivity contribution in [2.75, 3.05) is 0 Å². The number of amides is 1. The summed E-state index contributed by atoms with van der Waals surface area (Å²) in [5.74, 6) is -2.76. The summed E-state index contributed by atoms with van der Waals surface area (Å²) in [5.41, 5.74) is 3.28. The van der Waals surface area contributed by atoms with Crippen molar-refractivity contribution in [3.05, 3.63) is 56.8 Å². The Morgan fingerprint density at radius 3 is 2.42 bits per heavy atom. The van der Waals surface area contributed by atoms with E-state index in [-0.39, 0.29) is 5.91 Å². The van der Waals surface area contributed by atoms with E-state index in [2.05, 4.69) is 29.7 Å². The topological polar surface area (TPSA) is 78.4 Å². The van der Waals surface area contributed by atoms with Crippen LogP contribution >= 0.6 is 11.3 Å². The van der Waals surface area contributed by atoms with Crippen LogP contribution in [0.2, 0.25) is 0 Å². The highest BCUT2D eigenvalue weighted by molar-refractivity contribution is 7.11. The molecule has 0 bridgehead atoms. The van der Waals surface area contributed by atoms with Crippen LogP contribution in [0, 0.1) is 6.92 Å². The maximum Gasteiger partial charge on any atom is 0.490 e. The van der Waals surface area contributed by atoms with Gasteiger partial charge in [-0.25, -0.2) is 4.79 Å². The predicted molar refractivity (Wildman–Crippen MR) is 90.9 cm³/mol. The number of benzene rings is 1. The number of carboxylic acids is 1. The number of aliphatic carboxylic acids is 1. The van der Waals surface area contributed by atoms with Crippen LogP contribution in [0.3, 0.4) is 0 Å². The van der Waals surface area contributed by atoms with E-state index in [9.17, 15) is 18.0 Å². The number of halogens is 3. The molecule has 1 aliphatic rings. The molecule has 0 saturated carbocycles. The van der Waals surface area contributed by atoms with Crippen LogP contribution in [0.15, 0.2) is 30.3 Å². The fraction of sp³-hybridized carbons (Fsp3) is 0.294. The van der Waals surface area contributed by atoms with E-state index in [0.29, 0.717) is 6.54 Å². The van der Waals surface area contributed by atoms with Gasteiger partial charge in [0.2, 0.25) is 0 Å². The molecule has 1 aliphatic heterocycles. The molecule has 0 unspecified atom stereocenters. The first kappa shape index (κ1) is 19.9. The Morgan fingerprint density at radius 1 is 1.19 bits per heavy atom. The molecule has 0 atom stereocenters. The van der Waals surface area contributed by atoms with E-state index in [1.165, 1.54) is 20.9 Å². The lowest BCUT2D eigenvalue weighted by molar-refractivity contribution is -0.192. The van der Waals surface area contributed by atoms with E-state index < -0.39 is 12.1 Å². The molecule has 0 spiro atoms. The third-order valence-electron chi connectivity index (χ3n) is 3.56. The fourth-order valence-corrected chi connectivity index (χ4v) is 3.12. The van der Waals surface area contributed by atoms with Crippen molar-refractivity contribution in [2.24, 2.45) is 0 Å². The Balaban J connectivity index is 0.000000298. The van der Waals surface area contributed by atoms with Crippen molar-refractivity contribution in [2.45, 2.75) is 32.7 Å². The number of fused-ring (bicyclic) bond motifs is 1. The normalized spacial score (nSPS) is 12.8. The third-order valence-corrected chi connectivity index (χ3v) is 4.56. The number of carboxylic acid groups (broad SMARTS) is 1. The lowest BCUT2D eigenvalue weighted by Crippen LogP contribution is -2.22. The van der Waals surface area contributed by atoms with Crippen molar-refractivity contribution in [1.29, 1.82) is 0 Å². The van der Waals surface area contributed by atoms with Crippen molar-refractivity contribution in [3.63, 3.8) is 0 Å². The van der Waals surface area contributed by atoms with E-state index in [1.54, 1.807) is 11.3 Å². The molecule has 2 aromatic rings. The van der Waals surface area contributed by atoms with Crippen LogP contribution < -0.4 is 10.6 Å². The van der Waals surface area contributed by atoms with Gasteiger partial charge in [-0.3, -0.25) is 4.79 Å². The Bertz CT molecular complexity index is 803. The molecule has 9 heteroatoms. The van der Waals surface area contributed by atoms with Gasteiger partial charge >= 0.3 is 12.1 Å². The molecule has 5 nitrogen and oxygen atoms in total. The molecule has 1 amide bonds. The summed E-state index contributed by atoms with van der Waals surface area (Å²) in [6.07, 6.45) is -5.08. The van der Waals surface area contributed by atoms with Crippen molar-refractivity contribution >= 4 is 23.2 Å². The molecule has 0 fully saturated rings. The van der Waals surface area contributed by atoms with Gasteiger partial charge in [0.1, 0.15) is 0 Å². The second-order valence-corrected chi connectivity index (χ2v) is 6.96. The summed E-state index contributed by atoms with van der Waals surface area (Å²) in [5, 5.41) is 13.4. The SMILES string of the molecule is Cc1ccc(CNC(=O)c2ccc3c(c2)CNC3)s1.O=C(O)C(F)(F)F. The monoisotopic (exact) mass is 386 g/mol. The zero-order valence-electron chi connectivity index (χ0n) is 13.8. The lowest BCUT2D eigenvalue weighted by atomic mass is 10.1. The second-order valence-electron chi connectivity index (χ2n) is 5.58. The number of alkyl halides is 3. The van der Waals surface area contributed by atoms with Gasteiger partial charge in [0.05, 0.1) is 6.54 Å². The van der Waals surface area contributed by atoms with Gasteiger partial charge < -0.3 is 15.7 Å². The maximum atomic E-state index is 12.1. The van der Waals surface area contributed by atoms with Gasteiger partial charge in [0, 0.05) is 28.4 Å². The largest absolute Gasteiger partial charge is 0.490 e. The summed E-state index contributed by atoms with van der Waals surface area (Å²) in [6, 6.07) is 10.1. The summed E-state index contributed by atoms with van der Waals surface area (Å²) < 4.78 is 31.7. The number of nitrogens with one attached hydrogen (secondary N) is 2. The molecule has 3 rings (SSSR count). The van der Waals surface area contributed by atoms with Crippen molar-refractivity contribution in [3.8, 4) is 0 Å². The smallest absolute Gasteiger partial charge is 0.475 e. The van der Waals surface area contributed by atoms with E-state index >= 15 is 0 Å². The Hall–Kier alpha value is -2.39. The van der Waals surface area contributed by atoms with Crippen LogP contribution in [0.1, 0.15) is 31.2 Å². The molecule has 1 aromatic carbocycles. The zero-order valence-corrected chi connectivity index (χ0v) is 14.6. The molecule has 3 N–H and O–H groups in total. The molecule has 0 radical (unpaired) electrons. The number of hydrogen-bond donors (Lipinski definition) is 3. The first-order chi connectivity index (χ1) is 12.2. The second kappa shape index (κ2) is 8.33. The number of hydrogen-bond acceptors (Lipinski definition) is 4. The number of carbonyl (C=O) groups excluding carboxylic acids is 1. The zero-order chi connectivity index (χ0) is 19.3. The molecule has 0 aliphatic carbocycles. The first-order valence-corrected chi connectivity index (χ1v) is 8.44. The number of carbonyl (C=O) groups is 2. The average Bonchev–Trinajstić information content (AvgIpc) is 3.20. The average molecular weight is 386 g/mol. The summed E-state index contributed by atoms with van der Waals surface area (Å²) in [7, 11) is 0. The summed E-state index contributed by atoms with van der Waals surface area (Å²) in [4.78, 5) is 23.5. The van der Waals surface area contributed by atoms with Gasteiger partial charge in [-0.1, -0.05) is 6.07 Å². The maximum absolute atomic E-state index is 12.1. The highest BCUT2D eigenvalue weighted by Crippen LogP contribution is 2.18. The third kappa shape index (κ3) is 5.57. The highest BCUT2D eigenvalue weighted by Gasteiger charge is 2.38. The Labute approximate surface area is 151 Å². The molecule has 26 heavy (non-hydrogen) atoms. The molecular formula is C17H17F3N2O3S. The molecular weight excluding hydrogens is 369 g/mol. The fourth-order valence-electron chi connectivity index (χ4n) is 2.29. The summed E-state index contributed by atoms with van der Waals surface area (Å²) >= 11 is 1.72. The predicted octanol–water partition coefficient (Wildman–Crippen LogP) is 3.22. The minimum Gasteiger partial charge on any atom is -0.475 e. The van der Waals surface area contributed by atoms with Crippen LogP contribution in [-0.2, 0) is 24.4 Å². The van der Waals surface area contributed by atoms with E-state index in [0.717, 1.165) is 18.7 Å². The molecule has 2 heterocycles. The van der Waals surface area contributed by atoms with Gasteiger partial charge in [-0.2, -0.15) is 13.2 Å². The van der Waals surface area contributed by atoms with Crippen LogP contribution in [-0.4, -0.2) is 23.2 Å². The molecule has 0 saturated heterocycles. The van der Waals surface area contributed by atoms with Crippen LogP contribution in [0.4, 0.5) is 13.2 Å². The highest BCUT2D eigenvalue weighted by atomic mass is 32.1. The quantitative estimate of drug-likeness (QED) is 0.757. The van der Waals surface area contributed by atoms with Crippen molar-refractivity contribution in [1.82, 2.24) is 10.6 Å². The van der Waals surface area contributed by atoms with Gasteiger partial charge in [0.25, 0.3) is 5.91 Å². The van der Waals surface area contributed by atoms with Crippen LogP contribution in [0.5, 0.6) is 0 Å². The standard InChI is InChI=1S/C15H16N2OS.C2HF3O2/c1-10-2-5-14(19-10)9-17-15(18)11-3-4-12-7-16-8-13(12)6-11;3-2(4,5)1(6)7/h2-6,16H,7-9H2,1H3,(H,17,18);(H,6,7). The first-order valence-electron chi connectivity index (χ1n) is 7.63. The molecule has 140 valence electrons. The van der Waals surface area contributed by atoms with E-state index in [4.69, 9.17) is 9.90 Å². The van der Waals surface area contributed by atoms with Crippen LogP contribution in [0.25, 0.3) is 0 Å². The lowest BCUT2D eigenvalue weighted by Gasteiger charge is -2.05. The van der Waals surface area contributed by atoms with Crippen molar-refractivity contribution < 1.29 is 27.9 Å². The number of rotatable bonds is 3. The van der Waals surface area contributed by atoms with Gasteiger partial charge in [-0.15, -0.1) is 11.3 Å².